The topological polar surface area (TPSA) is 94.9 Å². The van der Waals surface area contributed by atoms with Crippen LogP contribution >= 0.6 is 35.0 Å². The molecule has 0 amide bonds. The second kappa shape index (κ2) is 6.43. The molecule has 21 heavy (non-hydrogen) atoms. The minimum atomic E-state index is -1.02. The Kier molecular flexibility index (Phi) is 4.83. The Morgan fingerprint density at radius 2 is 2.29 bits per heavy atom. The Hall–Kier alpha value is -1.62. The molecule has 0 aliphatic carbocycles. The number of pyridine rings is 1. The van der Waals surface area contributed by atoms with Crippen LogP contribution in [0.15, 0.2) is 17.4 Å². The van der Waals surface area contributed by atoms with E-state index in [9.17, 15) is 4.79 Å². The number of nitriles is 1. The molecule has 0 saturated heterocycles. The van der Waals surface area contributed by atoms with E-state index in [2.05, 4.69) is 10.2 Å². The minimum absolute atomic E-state index is 0.0133. The summed E-state index contributed by atoms with van der Waals surface area (Å²) in [5, 5.41) is 25.4. The van der Waals surface area contributed by atoms with Crippen LogP contribution < -0.4 is 0 Å². The van der Waals surface area contributed by atoms with Gasteiger partial charge in [0, 0.05) is 11.9 Å². The first-order chi connectivity index (χ1) is 9.93. The van der Waals surface area contributed by atoms with E-state index in [4.69, 9.17) is 33.9 Å². The molecule has 1 unspecified atom stereocenters. The molecule has 0 aliphatic heterocycles. The van der Waals surface area contributed by atoms with Crippen molar-refractivity contribution in [1.82, 2.24) is 14.6 Å². The number of aromatic nitrogens is 3. The molecule has 0 saturated carbocycles. The maximum atomic E-state index is 11.9. The predicted molar refractivity (Wildman–Crippen MR) is 81.2 cm³/mol. The summed E-state index contributed by atoms with van der Waals surface area (Å²) in [5.74, 6) is -1.36. The molecular formula is C12H9Cl2N5OS. The number of ketones is 1. The summed E-state index contributed by atoms with van der Waals surface area (Å²) in [6, 6.07) is 3.37. The average Bonchev–Trinajstić information content (AvgIpc) is 2.80. The fourth-order valence-electron chi connectivity index (χ4n) is 1.63. The fourth-order valence-corrected chi connectivity index (χ4v) is 2.95. The summed E-state index contributed by atoms with van der Waals surface area (Å²) >= 11 is 13.0. The third kappa shape index (κ3) is 3.35. The number of hydrogen-bond donors (Lipinski definition) is 1. The number of Topliss-reactive ketones (excluding diaryl/α,β-unsaturated/α-hetero) is 1. The average molecular weight is 342 g/mol. The largest absolute Gasteiger partial charge is 0.308 e. The quantitative estimate of drug-likeness (QED) is 0.666. The maximum absolute atomic E-state index is 11.9. The Balaban J connectivity index is 2.20. The summed E-state index contributed by atoms with van der Waals surface area (Å²) in [6.07, 6.45) is 1.60. The molecule has 2 rings (SSSR count). The molecule has 0 spiro atoms. The standard InChI is InChI=1S/C12H9Cl2N5OS/c1-6(16)8(3-15)10(20)5-21-12-18-17-11-9(14)2-7(13)4-19(11)12/h2,4,8,16H,5H2,1H3. The fraction of sp³-hybridized carbons (Fsp3) is 0.250. The number of hydrogen-bond acceptors (Lipinski definition) is 6. The first-order valence-corrected chi connectivity index (χ1v) is 7.48. The van der Waals surface area contributed by atoms with Crippen LogP contribution in [0.3, 0.4) is 0 Å². The van der Waals surface area contributed by atoms with Crippen LogP contribution in [0.25, 0.3) is 5.65 Å². The molecule has 108 valence electrons. The number of carbonyl (C=O) groups is 1. The van der Waals surface area contributed by atoms with E-state index < -0.39 is 5.92 Å². The van der Waals surface area contributed by atoms with E-state index in [0.29, 0.717) is 20.8 Å². The van der Waals surface area contributed by atoms with E-state index in [1.54, 1.807) is 16.7 Å². The van der Waals surface area contributed by atoms with Crippen molar-refractivity contribution in [3.63, 3.8) is 0 Å². The zero-order valence-corrected chi connectivity index (χ0v) is 13.1. The maximum Gasteiger partial charge on any atom is 0.196 e. The van der Waals surface area contributed by atoms with E-state index in [0.717, 1.165) is 11.8 Å². The smallest absolute Gasteiger partial charge is 0.196 e. The van der Waals surface area contributed by atoms with Gasteiger partial charge in [0.25, 0.3) is 0 Å². The Bertz CT molecular complexity index is 767. The molecule has 0 aliphatic rings. The Morgan fingerprint density at radius 3 is 2.90 bits per heavy atom. The zero-order chi connectivity index (χ0) is 15.6. The summed E-state index contributed by atoms with van der Waals surface area (Å²) in [7, 11) is 0. The lowest BCUT2D eigenvalue weighted by atomic mass is 10.0. The lowest BCUT2D eigenvalue weighted by Crippen LogP contribution is -2.21. The number of nitrogens with one attached hydrogen (secondary N) is 1. The summed E-state index contributed by atoms with van der Waals surface area (Å²) in [6.45, 7) is 1.43. The van der Waals surface area contributed by atoms with E-state index in [1.807, 2.05) is 6.07 Å². The van der Waals surface area contributed by atoms with Crippen LogP contribution in [0.2, 0.25) is 10.0 Å². The third-order valence-electron chi connectivity index (χ3n) is 2.62. The van der Waals surface area contributed by atoms with Gasteiger partial charge in [0.15, 0.2) is 16.6 Å². The van der Waals surface area contributed by atoms with Crippen molar-refractivity contribution in [3.05, 3.63) is 22.3 Å². The van der Waals surface area contributed by atoms with Crippen molar-refractivity contribution in [2.45, 2.75) is 12.1 Å². The van der Waals surface area contributed by atoms with Crippen LogP contribution in [0.5, 0.6) is 0 Å². The van der Waals surface area contributed by atoms with Crippen LogP contribution in [-0.4, -0.2) is 31.8 Å². The second-order valence-electron chi connectivity index (χ2n) is 4.18. The highest BCUT2D eigenvalue weighted by Crippen LogP contribution is 2.25. The molecule has 0 fully saturated rings. The molecule has 9 heteroatoms. The molecule has 0 bridgehead atoms. The van der Waals surface area contributed by atoms with Gasteiger partial charge < -0.3 is 5.41 Å². The van der Waals surface area contributed by atoms with Crippen molar-refractivity contribution in [2.24, 2.45) is 5.92 Å². The normalized spacial score (nSPS) is 12.1. The zero-order valence-electron chi connectivity index (χ0n) is 10.8. The van der Waals surface area contributed by atoms with Gasteiger partial charge in [-0.2, -0.15) is 5.26 Å². The number of carbonyl (C=O) groups excluding carboxylic acids is 1. The van der Waals surface area contributed by atoms with Crippen molar-refractivity contribution < 1.29 is 4.79 Å². The van der Waals surface area contributed by atoms with Gasteiger partial charge in [0.05, 0.1) is 21.9 Å². The highest BCUT2D eigenvalue weighted by Gasteiger charge is 2.21. The molecule has 1 atom stereocenters. The second-order valence-corrected chi connectivity index (χ2v) is 5.97. The van der Waals surface area contributed by atoms with Gasteiger partial charge in [-0.3, -0.25) is 9.20 Å². The van der Waals surface area contributed by atoms with Crippen molar-refractivity contribution in [1.29, 1.82) is 10.7 Å². The highest BCUT2D eigenvalue weighted by atomic mass is 35.5. The van der Waals surface area contributed by atoms with Gasteiger partial charge in [-0.15, -0.1) is 10.2 Å². The number of rotatable bonds is 5. The highest BCUT2D eigenvalue weighted by molar-refractivity contribution is 7.99. The predicted octanol–water partition coefficient (Wildman–Crippen LogP) is 2.88. The number of nitrogens with zero attached hydrogens (tertiary/aromatic N) is 4. The van der Waals surface area contributed by atoms with Crippen molar-refractivity contribution >= 4 is 52.1 Å². The van der Waals surface area contributed by atoms with Crippen LogP contribution in [0.1, 0.15) is 6.92 Å². The lowest BCUT2D eigenvalue weighted by Gasteiger charge is -2.05. The van der Waals surface area contributed by atoms with Gasteiger partial charge >= 0.3 is 0 Å². The van der Waals surface area contributed by atoms with Crippen LogP contribution in [-0.2, 0) is 4.79 Å². The number of thioether (sulfide) groups is 1. The first kappa shape index (κ1) is 15.8. The van der Waals surface area contributed by atoms with Gasteiger partial charge in [0.2, 0.25) is 0 Å². The van der Waals surface area contributed by atoms with Crippen LogP contribution in [0, 0.1) is 22.7 Å². The molecular weight excluding hydrogens is 333 g/mol. The molecule has 1 N–H and O–H groups in total. The summed E-state index contributed by atoms with van der Waals surface area (Å²) in [5.41, 5.74) is 0.469. The molecule has 0 radical (unpaired) electrons. The Morgan fingerprint density at radius 1 is 1.57 bits per heavy atom. The number of fused-ring (bicyclic) bond motifs is 1. The Labute approximate surface area is 134 Å². The monoisotopic (exact) mass is 341 g/mol. The van der Waals surface area contributed by atoms with Crippen molar-refractivity contribution in [3.8, 4) is 6.07 Å². The summed E-state index contributed by atoms with van der Waals surface area (Å²) < 4.78 is 1.58. The molecule has 2 aromatic rings. The van der Waals surface area contributed by atoms with E-state index >= 15 is 0 Å². The lowest BCUT2D eigenvalue weighted by molar-refractivity contribution is -0.117. The molecule has 0 aromatic carbocycles. The molecule has 2 aromatic heterocycles. The van der Waals surface area contributed by atoms with E-state index in [1.165, 1.54) is 6.92 Å². The van der Waals surface area contributed by atoms with Gasteiger partial charge in [-0.25, -0.2) is 0 Å². The minimum Gasteiger partial charge on any atom is -0.308 e. The first-order valence-electron chi connectivity index (χ1n) is 5.74. The van der Waals surface area contributed by atoms with Gasteiger partial charge in [-0.1, -0.05) is 35.0 Å². The van der Waals surface area contributed by atoms with Crippen LogP contribution in [0.4, 0.5) is 0 Å². The third-order valence-corrected chi connectivity index (χ3v) is 4.07. The van der Waals surface area contributed by atoms with E-state index in [-0.39, 0.29) is 17.2 Å². The summed E-state index contributed by atoms with van der Waals surface area (Å²) in [4.78, 5) is 11.9. The van der Waals surface area contributed by atoms with Crippen molar-refractivity contribution in [2.75, 3.05) is 5.75 Å². The number of halogens is 2. The molecule has 6 nitrogen and oxygen atoms in total. The SMILES string of the molecule is CC(=N)C(C#N)C(=O)CSc1nnc2c(Cl)cc(Cl)cn12. The molecule has 2 heterocycles. The van der Waals surface area contributed by atoms with Gasteiger partial charge in [-0.05, 0) is 13.0 Å². The van der Waals surface area contributed by atoms with Gasteiger partial charge in [0.1, 0.15) is 5.92 Å².